The standard InChI is InChI=1S/C13H26N2O/c1-3-10(2)9-13(16)15-12-8-6-4-5-7-11(12)14/h10-12H,3-9,14H2,1-2H3,(H,15,16). The molecule has 16 heavy (non-hydrogen) atoms. The molecule has 94 valence electrons. The average Bonchev–Trinajstić information content (AvgIpc) is 2.44. The summed E-state index contributed by atoms with van der Waals surface area (Å²) >= 11 is 0. The zero-order valence-electron chi connectivity index (χ0n) is 10.7. The molecule has 3 atom stereocenters. The van der Waals surface area contributed by atoms with Crippen molar-refractivity contribution in [3.05, 3.63) is 0 Å². The Morgan fingerprint density at radius 1 is 1.38 bits per heavy atom. The number of rotatable bonds is 4. The second-order valence-electron chi connectivity index (χ2n) is 5.19. The third kappa shape index (κ3) is 4.52. The minimum atomic E-state index is 0.156. The minimum Gasteiger partial charge on any atom is -0.352 e. The molecule has 3 heteroatoms. The summed E-state index contributed by atoms with van der Waals surface area (Å²) < 4.78 is 0. The van der Waals surface area contributed by atoms with Gasteiger partial charge in [0, 0.05) is 18.5 Å². The van der Waals surface area contributed by atoms with Crippen LogP contribution in [0.3, 0.4) is 0 Å². The van der Waals surface area contributed by atoms with Crippen LogP contribution < -0.4 is 11.1 Å². The van der Waals surface area contributed by atoms with E-state index in [-0.39, 0.29) is 18.0 Å². The van der Waals surface area contributed by atoms with Gasteiger partial charge in [-0.05, 0) is 18.8 Å². The highest BCUT2D eigenvalue weighted by Crippen LogP contribution is 2.17. The molecule has 3 unspecified atom stereocenters. The van der Waals surface area contributed by atoms with Crippen LogP contribution in [0.25, 0.3) is 0 Å². The average molecular weight is 226 g/mol. The molecule has 1 saturated carbocycles. The molecule has 1 aliphatic carbocycles. The highest BCUT2D eigenvalue weighted by atomic mass is 16.1. The number of carbonyl (C=O) groups is 1. The summed E-state index contributed by atoms with van der Waals surface area (Å²) in [4.78, 5) is 11.8. The molecule has 0 aliphatic heterocycles. The van der Waals surface area contributed by atoms with Crippen LogP contribution in [0.5, 0.6) is 0 Å². The van der Waals surface area contributed by atoms with Crippen LogP contribution in [0.2, 0.25) is 0 Å². The summed E-state index contributed by atoms with van der Waals surface area (Å²) in [5.74, 6) is 0.652. The summed E-state index contributed by atoms with van der Waals surface area (Å²) in [5, 5.41) is 3.11. The second-order valence-corrected chi connectivity index (χ2v) is 5.19. The van der Waals surface area contributed by atoms with E-state index in [2.05, 4.69) is 19.2 Å². The van der Waals surface area contributed by atoms with Crippen LogP contribution >= 0.6 is 0 Å². The van der Waals surface area contributed by atoms with Crippen LogP contribution in [0.15, 0.2) is 0 Å². The number of amides is 1. The third-order valence-electron chi connectivity index (χ3n) is 3.65. The van der Waals surface area contributed by atoms with Crippen molar-refractivity contribution < 1.29 is 4.79 Å². The Kier molecular flexibility index (Phi) is 5.81. The van der Waals surface area contributed by atoms with Gasteiger partial charge in [0.25, 0.3) is 0 Å². The number of carbonyl (C=O) groups excluding carboxylic acids is 1. The molecular weight excluding hydrogens is 200 g/mol. The minimum absolute atomic E-state index is 0.156. The molecule has 0 saturated heterocycles. The highest BCUT2D eigenvalue weighted by molar-refractivity contribution is 5.76. The van der Waals surface area contributed by atoms with Gasteiger partial charge in [0.2, 0.25) is 5.91 Å². The summed E-state index contributed by atoms with van der Waals surface area (Å²) in [6, 6.07) is 0.363. The Morgan fingerprint density at radius 2 is 2.06 bits per heavy atom. The van der Waals surface area contributed by atoms with Crippen LogP contribution in [-0.4, -0.2) is 18.0 Å². The largest absolute Gasteiger partial charge is 0.352 e. The molecule has 1 amide bonds. The van der Waals surface area contributed by atoms with E-state index in [0.29, 0.717) is 12.3 Å². The van der Waals surface area contributed by atoms with E-state index in [1.165, 1.54) is 19.3 Å². The van der Waals surface area contributed by atoms with Gasteiger partial charge in [-0.1, -0.05) is 39.5 Å². The monoisotopic (exact) mass is 226 g/mol. The number of hydrogen-bond acceptors (Lipinski definition) is 2. The van der Waals surface area contributed by atoms with Crippen LogP contribution in [0.4, 0.5) is 0 Å². The summed E-state index contributed by atoms with van der Waals surface area (Å²) in [7, 11) is 0. The van der Waals surface area contributed by atoms with Gasteiger partial charge in [-0.3, -0.25) is 4.79 Å². The van der Waals surface area contributed by atoms with Gasteiger partial charge in [-0.25, -0.2) is 0 Å². The molecule has 0 spiro atoms. The van der Waals surface area contributed by atoms with Crippen LogP contribution in [-0.2, 0) is 4.79 Å². The number of nitrogens with one attached hydrogen (secondary N) is 1. The predicted octanol–water partition coefficient (Wildman–Crippen LogP) is 2.20. The molecule has 0 heterocycles. The lowest BCUT2D eigenvalue weighted by Crippen LogP contribution is -2.47. The Balaban J connectivity index is 2.36. The molecule has 0 aromatic heterocycles. The zero-order valence-corrected chi connectivity index (χ0v) is 10.7. The molecule has 0 bridgehead atoms. The summed E-state index contributed by atoms with van der Waals surface area (Å²) in [6.07, 6.45) is 7.46. The topological polar surface area (TPSA) is 55.1 Å². The van der Waals surface area contributed by atoms with Gasteiger partial charge in [0.15, 0.2) is 0 Å². The maximum absolute atomic E-state index is 11.8. The molecule has 3 nitrogen and oxygen atoms in total. The van der Waals surface area contributed by atoms with E-state index < -0.39 is 0 Å². The number of hydrogen-bond donors (Lipinski definition) is 2. The second kappa shape index (κ2) is 6.89. The van der Waals surface area contributed by atoms with Gasteiger partial charge < -0.3 is 11.1 Å². The molecule has 0 radical (unpaired) electrons. The van der Waals surface area contributed by atoms with E-state index in [0.717, 1.165) is 19.3 Å². The van der Waals surface area contributed by atoms with E-state index in [1.54, 1.807) is 0 Å². The fourth-order valence-corrected chi connectivity index (χ4v) is 2.24. The Bertz CT molecular complexity index is 218. The lowest BCUT2D eigenvalue weighted by atomic mass is 10.0. The van der Waals surface area contributed by atoms with Gasteiger partial charge >= 0.3 is 0 Å². The molecule has 1 fully saturated rings. The SMILES string of the molecule is CCC(C)CC(=O)NC1CCCCCC1N. The fourth-order valence-electron chi connectivity index (χ4n) is 2.24. The van der Waals surface area contributed by atoms with E-state index >= 15 is 0 Å². The van der Waals surface area contributed by atoms with Gasteiger partial charge in [-0.15, -0.1) is 0 Å². The quantitative estimate of drug-likeness (QED) is 0.722. The van der Waals surface area contributed by atoms with Crippen molar-refractivity contribution >= 4 is 5.91 Å². The van der Waals surface area contributed by atoms with E-state index in [4.69, 9.17) is 5.73 Å². The number of nitrogens with two attached hydrogens (primary N) is 1. The van der Waals surface area contributed by atoms with Crippen LogP contribution in [0, 0.1) is 5.92 Å². The first-order valence-corrected chi connectivity index (χ1v) is 6.68. The van der Waals surface area contributed by atoms with Crippen molar-refractivity contribution in [1.29, 1.82) is 0 Å². The van der Waals surface area contributed by atoms with E-state index in [9.17, 15) is 4.79 Å². The molecule has 1 aliphatic rings. The predicted molar refractivity (Wildman–Crippen MR) is 67.1 cm³/mol. The Morgan fingerprint density at radius 3 is 2.75 bits per heavy atom. The lowest BCUT2D eigenvalue weighted by Gasteiger charge is -2.23. The Labute approximate surface area is 99.2 Å². The molecular formula is C13H26N2O. The van der Waals surface area contributed by atoms with Gasteiger partial charge in [0.1, 0.15) is 0 Å². The Hall–Kier alpha value is -0.570. The molecule has 0 aromatic rings. The lowest BCUT2D eigenvalue weighted by molar-refractivity contribution is -0.122. The molecule has 3 N–H and O–H groups in total. The summed E-state index contributed by atoms with van der Waals surface area (Å²) in [5.41, 5.74) is 6.08. The van der Waals surface area contributed by atoms with Crippen molar-refractivity contribution in [3.63, 3.8) is 0 Å². The van der Waals surface area contributed by atoms with Gasteiger partial charge in [-0.2, -0.15) is 0 Å². The first-order chi connectivity index (χ1) is 7.63. The smallest absolute Gasteiger partial charge is 0.220 e. The van der Waals surface area contributed by atoms with Crippen molar-refractivity contribution in [2.75, 3.05) is 0 Å². The fraction of sp³-hybridized carbons (Fsp3) is 0.923. The first-order valence-electron chi connectivity index (χ1n) is 6.68. The maximum Gasteiger partial charge on any atom is 0.220 e. The van der Waals surface area contributed by atoms with Crippen molar-refractivity contribution in [3.8, 4) is 0 Å². The normalized spacial score (nSPS) is 28.2. The molecule has 1 rings (SSSR count). The van der Waals surface area contributed by atoms with Crippen molar-refractivity contribution in [2.24, 2.45) is 11.7 Å². The third-order valence-corrected chi connectivity index (χ3v) is 3.65. The first kappa shape index (κ1) is 13.5. The zero-order chi connectivity index (χ0) is 12.0. The van der Waals surface area contributed by atoms with Gasteiger partial charge in [0.05, 0.1) is 0 Å². The maximum atomic E-state index is 11.8. The van der Waals surface area contributed by atoms with Crippen LogP contribution in [0.1, 0.15) is 58.8 Å². The van der Waals surface area contributed by atoms with Crippen molar-refractivity contribution in [1.82, 2.24) is 5.32 Å². The van der Waals surface area contributed by atoms with Crippen molar-refractivity contribution in [2.45, 2.75) is 70.9 Å². The highest BCUT2D eigenvalue weighted by Gasteiger charge is 2.22. The molecule has 0 aromatic carbocycles. The summed E-state index contributed by atoms with van der Waals surface area (Å²) in [6.45, 7) is 4.24. The van der Waals surface area contributed by atoms with E-state index in [1.807, 2.05) is 0 Å².